The van der Waals surface area contributed by atoms with Crippen molar-refractivity contribution >= 4 is 27.2 Å². The number of nitrogens with zero attached hydrogens (tertiary/aromatic N) is 1. The van der Waals surface area contributed by atoms with Crippen LogP contribution in [0.3, 0.4) is 0 Å². The Labute approximate surface area is 122 Å². The highest BCUT2D eigenvalue weighted by Gasteiger charge is 2.34. The monoisotopic (exact) mass is 318 g/mol. The van der Waals surface area contributed by atoms with Gasteiger partial charge in [0.1, 0.15) is 10.8 Å². The standard InChI is InChI=1S/C12H15FN2O3S2/c1-8-7-18-6-5-15(8)20(16,17)10-4-2-3-9(13)11(10)12(14)19/h2-4,8H,5-7H2,1H3,(H2,14,19). The Balaban J connectivity index is 2.55. The van der Waals surface area contributed by atoms with Gasteiger partial charge in [-0.3, -0.25) is 0 Å². The van der Waals surface area contributed by atoms with Gasteiger partial charge in [-0.05, 0) is 19.1 Å². The van der Waals surface area contributed by atoms with Gasteiger partial charge in [0.2, 0.25) is 10.0 Å². The van der Waals surface area contributed by atoms with Crippen LogP contribution in [-0.4, -0.2) is 43.5 Å². The number of ether oxygens (including phenoxy) is 1. The van der Waals surface area contributed by atoms with Gasteiger partial charge in [0.25, 0.3) is 0 Å². The first-order chi connectivity index (χ1) is 9.35. The highest BCUT2D eigenvalue weighted by molar-refractivity contribution is 7.89. The van der Waals surface area contributed by atoms with Crippen molar-refractivity contribution in [1.82, 2.24) is 4.31 Å². The number of morpholine rings is 1. The van der Waals surface area contributed by atoms with Gasteiger partial charge in [-0.2, -0.15) is 4.31 Å². The van der Waals surface area contributed by atoms with E-state index in [0.29, 0.717) is 13.2 Å². The van der Waals surface area contributed by atoms with Crippen molar-refractivity contribution in [3.05, 3.63) is 29.6 Å². The average Bonchev–Trinajstić information content (AvgIpc) is 2.38. The molecule has 2 rings (SSSR count). The molecular weight excluding hydrogens is 303 g/mol. The molecule has 1 aromatic carbocycles. The van der Waals surface area contributed by atoms with Crippen LogP contribution in [0.15, 0.2) is 23.1 Å². The minimum atomic E-state index is -3.86. The van der Waals surface area contributed by atoms with Crippen LogP contribution in [0.2, 0.25) is 0 Å². The SMILES string of the molecule is CC1COCCN1S(=O)(=O)c1cccc(F)c1C(N)=S. The second-order valence-electron chi connectivity index (χ2n) is 4.52. The lowest BCUT2D eigenvalue weighted by Gasteiger charge is -2.32. The van der Waals surface area contributed by atoms with Crippen LogP contribution >= 0.6 is 12.2 Å². The molecular formula is C12H15FN2O3S2. The maximum absolute atomic E-state index is 13.8. The van der Waals surface area contributed by atoms with E-state index in [1.54, 1.807) is 6.92 Å². The normalized spacial score (nSPS) is 20.8. The summed E-state index contributed by atoms with van der Waals surface area (Å²) in [4.78, 5) is -0.471. The maximum Gasteiger partial charge on any atom is 0.244 e. The zero-order valence-corrected chi connectivity index (χ0v) is 12.5. The molecule has 0 aliphatic carbocycles. The lowest BCUT2D eigenvalue weighted by molar-refractivity contribution is 0.0392. The van der Waals surface area contributed by atoms with E-state index in [9.17, 15) is 12.8 Å². The number of benzene rings is 1. The lowest BCUT2D eigenvalue weighted by atomic mass is 10.2. The summed E-state index contributed by atoms with van der Waals surface area (Å²) >= 11 is 4.77. The van der Waals surface area contributed by atoms with E-state index in [-0.39, 0.29) is 28.0 Å². The van der Waals surface area contributed by atoms with E-state index in [4.69, 9.17) is 22.7 Å². The molecule has 0 spiro atoms. The molecule has 2 N–H and O–H groups in total. The van der Waals surface area contributed by atoms with Crippen molar-refractivity contribution in [3.8, 4) is 0 Å². The number of rotatable bonds is 3. The lowest BCUT2D eigenvalue weighted by Crippen LogP contribution is -2.47. The Morgan fingerprint density at radius 1 is 1.55 bits per heavy atom. The van der Waals surface area contributed by atoms with Gasteiger partial charge < -0.3 is 10.5 Å². The Bertz CT molecular complexity index is 634. The molecule has 1 fully saturated rings. The molecule has 0 radical (unpaired) electrons. The summed E-state index contributed by atoms with van der Waals surface area (Å²) in [6.07, 6.45) is 0. The van der Waals surface area contributed by atoms with Crippen molar-refractivity contribution in [1.29, 1.82) is 0 Å². The van der Waals surface area contributed by atoms with E-state index in [1.807, 2.05) is 0 Å². The fraction of sp³-hybridized carbons (Fsp3) is 0.417. The fourth-order valence-corrected chi connectivity index (χ4v) is 4.24. The molecule has 5 nitrogen and oxygen atoms in total. The van der Waals surface area contributed by atoms with Crippen LogP contribution < -0.4 is 5.73 Å². The van der Waals surface area contributed by atoms with Crippen LogP contribution in [0.4, 0.5) is 4.39 Å². The summed E-state index contributed by atoms with van der Waals surface area (Å²) in [6.45, 7) is 2.56. The highest BCUT2D eigenvalue weighted by atomic mass is 32.2. The molecule has 1 aromatic rings. The van der Waals surface area contributed by atoms with Gasteiger partial charge in [0.05, 0.1) is 23.7 Å². The fourth-order valence-electron chi connectivity index (χ4n) is 2.15. The molecule has 0 bridgehead atoms. The molecule has 0 saturated carbocycles. The number of sulfonamides is 1. The van der Waals surface area contributed by atoms with Crippen molar-refractivity contribution in [2.75, 3.05) is 19.8 Å². The zero-order valence-electron chi connectivity index (χ0n) is 10.9. The van der Waals surface area contributed by atoms with Crippen LogP contribution in [0.1, 0.15) is 12.5 Å². The first-order valence-corrected chi connectivity index (χ1v) is 7.88. The van der Waals surface area contributed by atoms with Crippen molar-refractivity contribution in [3.63, 3.8) is 0 Å². The van der Waals surface area contributed by atoms with Crippen molar-refractivity contribution in [2.45, 2.75) is 17.9 Å². The topological polar surface area (TPSA) is 72.6 Å². The second-order valence-corrected chi connectivity index (χ2v) is 6.82. The van der Waals surface area contributed by atoms with Crippen LogP contribution in [0.5, 0.6) is 0 Å². The summed E-state index contributed by atoms with van der Waals surface area (Å²) in [6, 6.07) is 3.46. The summed E-state index contributed by atoms with van der Waals surface area (Å²) in [5, 5.41) is 0. The molecule has 1 unspecified atom stereocenters. The van der Waals surface area contributed by atoms with E-state index >= 15 is 0 Å². The zero-order chi connectivity index (χ0) is 14.9. The first-order valence-electron chi connectivity index (χ1n) is 6.03. The largest absolute Gasteiger partial charge is 0.389 e. The molecule has 110 valence electrons. The number of nitrogens with two attached hydrogens (primary N) is 1. The Hall–Kier alpha value is -1.09. The molecule has 20 heavy (non-hydrogen) atoms. The van der Waals surface area contributed by atoms with Crippen LogP contribution in [0.25, 0.3) is 0 Å². The predicted octanol–water partition coefficient (Wildman–Crippen LogP) is 0.869. The summed E-state index contributed by atoms with van der Waals surface area (Å²) in [5.41, 5.74) is 5.23. The summed E-state index contributed by atoms with van der Waals surface area (Å²) in [7, 11) is -3.86. The third kappa shape index (κ3) is 2.69. The summed E-state index contributed by atoms with van der Waals surface area (Å²) < 4.78 is 45.6. The Kier molecular flexibility index (Phi) is 4.38. The third-order valence-corrected chi connectivity index (χ3v) is 5.38. The first kappa shape index (κ1) is 15.3. The molecule has 1 saturated heterocycles. The average molecular weight is 318 g/mol. The molecule has 8 heteroatoms. The predicted molar refractivity (Wildman–Crippen MR) is 76.5 cm³/mol. The Morgan fingerprint density at radius 2 is 2.25 bits per heavy atom. The van der Waals surface area contributed by atoms with Crippen LogP contribution in [0, 0.1) is 5.82 Å². The van der Waals surface area contributed by atoms with Crippen molar-refractivity contribution in [2.24, 2.45) is 5.73 Å². The van der Waals surface area contributed by atoms with Crippen LogP contribution in [-0.2, 0) is 14.8 Å². The number of hydrogen-bond donors (Lipinski definition) is 1. The molecule has 1 heterocycles. The molecule has 1 aliphatic heterocycles. The van der Waals surface area contributed by atoms with Gasteiger partial charge in [-0.25, -0.2) is 12.8 Å². The molecule has 1 atom stereocenters. The van der Waals surface area contributed by atoms with Gasteiger partial charge >= 0.3 is 0 Å². The van der Waals surface area contributed by atoms with Gasteiger partial charge in [-0.1, -0.05) is 18.3 Å². The molecule has 0 amide bonds. The Morgan fingerprint density at radius 3 is 2.85 bits per heavy atom. The number of halogens is 1. The quantitative estimate of drug-likeness (QED) is 0.837. The van der Waals surface area contributed by atoms with E-state index in [0.717, 1.165) is 6.07 Å². The highest BCUT2D eigenvalue weighted by Crippen LogP contribution is 2.25. The maximum atomic E-state index is 13.8. The summed E-state index contributed by atoms with van der Waals surface area (Å²) in [5.74, 6) is -0.737. The van der Waals surface area contributed by atoms with Gasteiger partial charge in [-0.15, -0.1) is 0 Å². The van der Waals surface area contributed by atoms with E-state index < -0.39 is 15.8 Å². The minimum absolute atomic E-state index is 0.196. The van der Waals surface area contributed by atoms with Gasteiger partial charge in [0.15, 0.2) is 0 Å². The van der Waals surface area contributed by atoms with Gasteiger partial charge in [0, 0.05) is 12.6 Å². The number of thiocarbonyl (C=S) groups is 1. The smallest absolute Gasteiger partial charge is 0.244 e. The molecule has 1 aliphatic rings. The van der Waals surface area contributed by atoms with Crippen molar-refractivity contribution < 1.29 is 17.5 Å². The second kappa shape index (κ2) is 5.72. The molecule has 0 aromatic heterocycles. The number of hydrogen-bond acceptors (Lipinski definition) is 4. The minimum Gasteiger partial charge on any atom is -0.389 e. The third-order valence-electron chi connectivity index (χ3n) is 3.12. The van der Waals surface area contributed by atoms with E-state index in [1.165, 1.54) is 16.4 Å². The van der Waals surface area contributed by atoms with E-state index in [2.05, 4.69) is 0 Å².